The molecule has 1 aliphatic rings. The first-order chi connectivity index (χ1) is 10.2. The molecule has 2 aromatic carbocycles. The van der Waals surface area contributed by atoms with E-state index in [0.717, 1.165) is 12.4 Å². The molecule has 0 radical (unpaired) electrons. The van der Waals surface area contributed by atoms with Crippen LogP contribution in [-0.2, 0) is 22.1 Å². The Balaban J connectivity index is 1.94. The zero-order chi connectivity index (χ0) is 14.8. The number of rotatable bonds is 4. The van der Waals surface area contributed by atoms with Crippen LogP contribution in [0.1, 0.15) is 18.1 Å². The maximum Gasteiger partial charge on any atom is 0.212 e. The minimum absolute atomic E-state index is 0.163. The van der Waals surface area contributed by atoms with Crippen molar-refractivity contribution in [2.75, 3.05) is 19.3 Å². The normalized spacial score (nSPS) is 14.7. The first-order valence-electron chi connectivity index (χ1n) is 7.20. The zero-order valence-electron chi connectivity index (χ0n) is 12.8. The summed E-state index contributed by atoms with van der Waals surface area (Å²) in [5, 5.41) is 0. The van der Waals surface area contributed by atoms with Gasteiger partial charge in [-0.3, -0.25) is 0 Å². The quantitative estimate of drug-likeness (QED) is 0.754. The summed E-state index contributed by atoms with van der Waals surface area (Å²) in [4.78, 5) is 1.36. The number of ether oxygens (including phenoxy) is 1. The number of methoxy groups -OCH3 is 1. The van der Waals surface area contributed by atoms with Crippen molar-refractivity contribution in [2.24, 2.45) is 0 Å². The molecule has 21 heavy (non-hydrogen) atoms. The summed E-state index contributed by atoms with van der Waals surface area (Å²) in [5.41, 5.74) is 6.94. The highest BCUT2D eigenvalue weighted by atomic mass is 32.2. The molecular weight excluding hydrogens is 276 g/mol. The number of benzene rings is 2. The van der Waals surface area contributed by atoms with Gasteiger partial charge in [0.2, 0.25) is 5.94 Å². The number of hydrogen-bond donors (Lipinski definition) is 0. The Morgan fingerprint density at radius 3 is 2.57 bits per heavy atom. The molecule has 0 aliphatic heterocycles. The molecule has 2 heteroatoms. The molecule has 0 amide bonds. The van der Waals surface area contributed by atoms with E-state index >= 15 is 0 Å². The van der Waals surface area contributed by atoms with E-state index in [1.54, 1.807) is 7.11 Å². The smallest absolute Gasteiger partial charge is 0.212 e. The molecule has 0 heterocycles. The second-order valence-electron chi connectivity index (χ2n) is 5.61. The van der Waals surface area contributed by atoms with Crippen LogP contribution < -0.4 is 0 Å². The van der Waals surface area contributed by atoms with Crippen molar-refractivity contribution in [3.8, 4) is 11.1 Å². The fraction of sp³-hybridized carbons (Fsp3) is 0.263. The molecule has 3 rings (SSSR count). The highest BCUT2D eigenvalue weighted by Crippen LogP contribution is 2.34. The molecule has 0 saturated carbocycles. The molecule has 0 spiro atoms. The fourth-order valence-electron chi connectivity index (χ4n) is 2.90. The Labute approximate surface area is 130 Å². The molecular formula is C19H21OS+. The molecule has 108 valence electrons. The molecule has 1 atom stereocenters. The Hall–Kier alpha value is -1.51. The predicted octanol–water partition coefficient (Wildman–Crippen LogP) is 4.52. The molecule has 2 aromatic rings. The van der Waals surface area contributed by atoms with Gasteiger partial charge in [-0.2, -0.15) is 0 Å². The Morgan fingerprint density at radius 1 is 1.10 bits per heavy atom. The molecule has 1 nitrogen and oxygen atoms in total. The van der Waals surface area contributed by atoms with Gasteiger partial charge in [0.05, 0.1) is 0 Å². The van der Waals surface area contributed by atoms with Gasteiger partial charge in [-0.25, -0.2) is 0 Å². The summed E-state index contributed by atoms with van der Waals surface area (Å²) in [6, 6.07) is 15.6. The van der Waals surface area contributed by atoms with E-state index in [4.69, 9.17) is 4.74 Å². The van der Waals surface area contributed by atoms with Crippen molar-refractivity contribution in [3.05, 3.63) is 59.2 Å². The van der Waals surface area contributed by atoms with Crippen molar-refractivity contribution in [1.82, 2.24) is 0 Å². The largest absolute Gasteiger partial charge is 0.339 e. The highest BCUT2D eigenvalue weighted by molar-refractivity contribution is 7.96. The van der Waals surface area contributed by atoms with E-state index < -0.39 is 0 Å². The fourth-order valence-corrected chi connectivity index (χ4v) is 3.99. The summed E-state index contributed by atoms with van der Waals surface area (Å²) >= 11 is 0. The van der Waals surface area contributed by atoms with E-state index in [0.29, 0.717) is 0 Å². The van der Waals surface area contributed by atoms with Crippen LogP contribution in [0.2, 0.25) is 0 Å². The van der Waals surface area contributed by atoms with Crippen molar-refractivity contribution >= 4 is 17.0 Å². The van der Waals surface area contributed by atoms with Crippen molar-refractivity contribution < 1.29 is 4.74 Å². The van der Waals surface area contributed by atoms with Gasteiger partial charge in [0.15, 0.2) is 4.90 Å². The number of hydrogen-bond acceptors (Lipinski definition) is 1. The third kappa shape index (κ3) is 2.92. The van der Waals surface area contributed by atoms with Crippen molar-refractivity contribution in [1.29, 1.82) is 0 Å². The van der Waals surface area contributed by atoms with E-state index in [2.05, 4.69) is 61.7 Å². The van der Waals surface area contributed by atoms with Gasteiger partial charge in [0.1, 0.15) is 6.26 Å². The minimum Gasteiger partial charge on any atom is -0.339 e. The van der Waals surface area contributed by atoms with Crippen LogP contribution in [0.15, 0.2) is 52.9 Å². The molecule has 0 N–H and O–H groups in total. The Bertz CT molecular complexity index is 670. The molecule has 0 fully saturated rings. The summed E-state index contributed by atoms with van der Waals surface area (Å²) in [6.07, 6.45) is 5.65. The predicted molar refractivity (Wildman–Crippen MR) is 92.7 cm³/mol. The lowest BCUT2D eigenvalue weighted by molar-refractivity contribution is 0.257. The van der Waals surface area contributed by atoms with Crippen molar-refractivity contribution in [2.45, 2.75) is 18.2 Å². The second-order valence-corrected chi connectivity index (χ2v) is 7.60. The maximum atomic E-state index is 5.25. The highest BCUT2D eigenvalue weighted by Gasteiger charge is 2.17. The zero-order valence-corrected chi connectivity index (χ0v) is 13.7. The summed E-state index contributed by atoms with van der Waals surface area (Å²) in [5.74, 6) is 0.794. The van der Waals surface area contributed by atoms with E-state index in [1.807, 2.05) is 0 Å². The van der Waals surface area contributed by atoms with Crippen LogP contribution in [0.5, 0.6) is 0 Å². The van der Waals surface area contributed by atoms with E-state index in [-0.39, 0.29) is 10.9 Å². The number of allylic oxidation sites excluding steroid dienone is 1. The van der Waals surface area contributed by atoms with Gasteiger partial charge >= 0.3 is 0 Å². The summed E-state index contributed by atoms with van der Waals surface area (Å²) < 4.78 is 5.25. The second kappa shape index (κ2) is 6.08. The molecule has 1 aliphatic carbocycles. The number of fused-ring (bicyclic) bond motifs is 1. The van der Waals surface area contributed by atoms with Gasteiger partial charge < -0.3 is 4.74 Å². The Morgan fingerprint density at radius 2 is 1.86 bits per heavy atom. The molecule has 0 aromatic heterocycles. The monoisotopic (exact) mass is 297 g/mol. The van der Waals surface area contributed by atoms with E-state index in [9.17, 15) is 0 Å². The average Bonchev–Trinajstić information content (AvgIpc) is 2.87. The topological polar surface area (TPSA) is 9.23 Å². The van der Waals surface area contributed by atoms with Crippen LogP contribution in [0.3, 0.4) is 0 Å². The van der Waals surface area contributed by atoms with Gasteiger partial charge in [-0.15, -0.1) is 0 Å². The maximum absolute atomic E-state index is 5.25. The van der Waals surface area contributed by atoms with Crippen LogP contribution in [-0.4, -0.2) is 19.3 Å². The van der Waals surface area contributed by atoms with Crippen molar-refractivity contribution in [3.63, 3.8) is 0 Å². The Kier molecular flexibility index (Phi) is 4.18. The standard InChI is InChI=1S/C19H21OS/c1-14-11-16-5-4-6-18(19(16)12-14)15-7-9-17(10-8-15)21(3)13-20-2/h4-10,12H,11,13H2,1-3H3/q+1. The first-order valence-corrected chi connectivity index (χ1v) is 9.00. The van der Waals surface area contributed by atoms with Gasteiger partial charge in [0.25, 0.3) is 0 Å². The lowest BCUT2D eigenvalue weighted by atomic mass is 9.97. The van der Waals surface area contributed by atoms with Crippen LogP contribution in [0.25, 0.3) is 17.2 Å². The van der Waals surface area contributed by atoms with Gasteiger partial charge in [0, 0.05) is 18.0 Å². The average molecular weight is 297 g/mol. The van der Waals surface area contributed by atoms with Crippen LogP contribution in [0.4, 0.5) is 0 Å². The minimum atomic E-state index is 0.163. The lowest BCUT2D eigenvalue weighted by Gasteiger charge is -2.08. The molecule has 0 saturated heterocycles. The summed E-state index contributed by atoms with van der Waals surface area (Å²) in [6.45, 7) is 2.21. The lowest BCUT2D eigenvalue weighted by Crippen LogP contribution is -2.06. The van der Waals surface area contributed by atoms with Gasteiger partial charge in [-0.05, 0) is 59.9 Å². The third-order valence-corrected chi connectivity index (χ3v) is 5.58. The van der Waals surface area contributed by atoms with Gasteiger partial charge in [-0.1, -0.05) is 29.8 Å². The third-order valence-electron chi connectivity index (χ3n) is 3.92. The SMILES string of the molecule is COC[S+](C)c1ccc(-c2cccc3c2C=C(C)C3)cc1. The van der Waals surface area contributed by atoms with Crippen LogP contribution in [0, 0.1) is 0 Å². The summed E-state index contributed by atoms with van der Waals surface area (Å²) in [7, 11) is 1.93. The van der Waals surface area contributed by atoms with E-state index in [1.165, 1.54) is 32.7 Å². The molecule has 1 unspecified atom stereocenters. The molecule has 0 bridgehead atoms. The first kappa shape index (κ1) is 14.4. The van der Waals surface area contributed by atoms with Crippen LogP contribution >= 0.6 is 0 Å².